The molecule has 2 rings (SSSR count). The molecule has 1 aromatic rings. The molecule has 19 heavy (non-hydrogen) atoms. The predicted molar refractivity (Wildman–Crippen MR) is 75.3 cm³/mol. The van der Waals surface area contributed by atoms with Gasteiger partial charge in [-0.3, -0.25) is 9.69 Å². The molecule has 1 heterocycles. The van der Waals surface area contributed by atoms with Gasteiger partial charge in [0.15, 0.2) is 5.78 Å². The van der Waals surface area contributed by atoms with Crippen LogP contribution in [0.1, 0.15) is 30.6 Å². The smallest absolute Gasteiger partial charge is 0.161 e. The third-order valence-corrected chi connectivity index (χ3v) is 3.59. The van der Waals surface area contributed by atoms with Crippen LogP contribution in [0.4, 0.5) is 10.1 Å². The molecule has 0 aliphatic carbocycles. The minimum atomic E-state index is -0.349. The zero-order chi connectivity index (χ0) is 13.8. The summed E-state index contributed by atoms with van der Waals surface area (Å²) in [6.07, 6.45) is 1.16. The number of anilines is 1. The summed E-state index contributed by atoms with van der Waals surface area (Å²) < 4.78 is 13.3. The van der Waals surface area contributed by atoms with Gasteiger partial charge < -0.3 is 4.90 Å². The van der Waals surface area contributed by atoms with Crippen molar-refractivity contribution >= 4 is 11.5 Å². The Balaban J connectivity index is 2.13. The number of ketones is 1. The molecule has 1 fully saturated rings. The monoisotopic (exact) mass is 264 g/mol. The summed E-state index contributed by atoms with van der Waals surface area (Å²) in [5.74, 6) is -0.427. The lowest BCUT2D eigenvalue weighted by atomic mass is 10.1. The maximum absolute atomic E-state index is 13.3. The SMILES string of the molecule is CCCN1CCN(c2ccc(F)cc2C(C)=O)CC1. The van der Waals surface area contributed by atoms with Crippen LogP contribution in [0.3, 0.4) is 0 Å². The van der Waals surface area contributed by atoms with Gasteiger partial charge in [0.05, 0.1) is 0 Å². The van der Waals surface area contributed by atoms with Crippen LogP contribution >= 0.6 is 0 Å². The van der Waals surface area contributed by atoms with Gasteiger partial charge in [-0.15, -0.1) is 0 Å². The Morgan fingerprint density at radius 2 is 1.95 bits per heavy atom. The van der Waals surface area contributed by atoms with Gasteiger partial charge in [0, 0.05) is 37.4 Å². The second kappa shape index (κ2) is 6.15. The lowest BCUT2D eigenvalue weighted by Gasteiger charge is -2.36. The second-order valence-electron chi connectivity index (χ2n) is 5.05. The number of benzene rings is 1. The number of halogens is 1. The molecular weight excluding hydrogens is 243 g/mol. The summed E-state index contributed by atoms with van der Waals surface area (Å²) in [5.41, 5.74) is 1.36. The molecule has 0 N–H and O–H groups in total. The Morgan fingerprint density at radius 1 is 1.26 bits per heavy atom. The van der Waals surface area contributed by atoms with Crippen LogP contribution in [0.5, 0.6) is 0 Å². The van der Waals surface area contributed by atoms with Gasteiger partial charge in [0.25, 0.3) is 0 Å². The summed E-state index contributed by atoms with van der Waals surface area (Å²) in [6.45, 7) is 8.59. The number of piperazine rings is 1. The van der Waals surface area contributed by atoms with Gasteiger partial charge in [0.2, 0.25) is 0 Å². The molecule has 3 nitrogen and oxygen atoms in total. The van der Waals surface area contributed by atoms with Crippen molar-refractivity contribution in [1.29, 1.82) is 0 Å². The van der Waals surface area contributed by atoms with Crippen LogP contribution in [-0.4, -0.2) is 43.4 Å². The van der Waals surface area contributed by atoms with Gasteiger partial charge in [-0.05, 0) is 38.1 Å². The fraction of sp³-hybridized carbons (Fsp3) is 0.533. The Bertz CT molecular complexity index is 453. The van der Waals surface area contributed by atoms with Crippen molar-refractivity contribution in [2.75, 3.05) is 37.6 Å². The molecule has 1 aliphatic rings. The van der Waals surface area contributed by atoms with Crippen LogP contribution < -0.4 is 4.90 Å². The van der Waals surface area contributed by atoms with Crippen molar-refractivity contribution < 1.29 is 9.18 Å². The highest BCUT2D eigenvalue weighted by molar-refractivity contribution is 5.99. The van der Waals surface area contributed by atoms with Crippen molar-refractivity contribution in [3.8, 4) is 0 Å². The number of carbonyl (C=O) groups excluding carboxylic acids is 1. The first-order valence-electron chi connectivity index (χ1n) is 6.89. The molecule has 0 unspecified atom stereocenters. The standard InChI is InChI=1S/C15H21FN2O/c1-3-6-17-7-9-18(10-8-17)15-5-4-13(16)11-14(15)12(2)19/h4-5,11H,3,6-10H2,1-2H3. The summed E-state index contributed by atoms with van der Waals surface area (Å²) in [5, 5.41) is 0. The summed E-state index contributed by atoms with van der Waals surface area (Å²) in [4.78, 5) is 16.2. The number of carbonyl (C=O) groups is 1. The van der Waals surface area contributed by atoms with Crippen LogP contribution in [0, 0.1) is 5.82 Å². The number of hydrogen-bond donors (Lipinski definition) is 0. The molecule has 1 saturated heterocycles. The average molecular weight is 264 g/mol. The molecule has 4 heteroatoms. The Labute approximate surface area is 114 Å². The summed E-state index contributed by atoms with van der Waals surface area (Å²) >= 11 is 0. The minimum Gasteiger partial charge on any atom is -0.368 e. The van der Waals surface area contributed by atoms with E-state index in [-0.39, 0.29) is 11.6 Å². The zero-order valence-electron chi connectivity index (χ0n) is 11.7. The van der Waals surface area contributed by atoms with Crippen molar-refractivity contribution in [3.05, 3.63) is 29.6 Å². The van der Waals surface area contributed by atoms with Crippen molar-refractivity contribution in [2.24, 2.45) is 0 Å². The summed E-state index contributed by atoms with van der Waals surface area (Å²) in [6, 6.07) is 4.50. The second-order valence-corrected chi connectivity index (χ2v) is 5.05. The van der Waals surface area contributed by atoms with Gasteiger partial charge in [-0.1, -0.05) is 6.92 Å². The molecule has 1 aromatic carbocycles. The maximum Gasteiger partial charge on any atom is 0.161 e. The molecule has 0 bridgehead atoms. The van der Waals surface area contributed by atoms with E-state index in [4.69, 9.17) is 0 Å². The van der Waals surface area contributed by atoms with E-state index in [2.05, 4.69) is 16.7 Å². The molecule has 1 aliphatic heterocycles. The molecular formula is C15H21FN2O. The van der Waals surface area contributed by atoms with E-state index in [9.17, 15) is 9.18 Å². The number of nitrogens with zero attached hydrogens (tertiary/aromatic N) is 2. The van der Waals surface area contributed by atoms with Crippen LogP contribution in [0.25, 0.3) is 0 Å². The lowest BCUT2D eigenvalue weighted by molar-refractivity contribution is 0.101. The molecule has 0 amide bonds. The number of hydrogen-bond acceptors (Lipinski definition) is 3. The van der Waals surface area contributed by atoms with Crippen LogP contribution in [-0.2, 0) is 0 Å². The Kier molecular flexibility index (Phi) is 4.53. The normalized spacial score (nSPS) is 16.7. The first-order valence-corrected chi connectivity index (χ1v) is 6.89. The van der Waals surface area contributed by atoms with Gasteiger partial charge >= 0.3 is 0 Å². The third kappa shape index (κ3) is 3.32. The van der Waals surface area contributed by atoms with Gasteiger partial charge in [0.1, 0.15) is 5.82 Å². The predicted octanol–water partition coefficient (Wildman–Crippen LogP) is 2.56. The van der Waals surface area contributed by atoms with Gasteiger partial charge in [-0.25, -0.2) is 4.39 Å². The number of rotatable bonds is 4. The zero-order valence-corrected chi connectivity index (χ0v) is 11.7. The van der Waals surface area contributed by atoms with Crippen molar-refractivity contribution in [1.82, 2.24) is 4.90 Å². The number of Topliss-reactive ketones (excluding diaryl/α,β-unsaturated/α-hetero) is 1. The van der Waals surface area contributed by atoms with Crippen molar-refractivity contribution in [2.45, 2.75) is 20.3 Å². The fourth-order valence-electron chi connectivity index (χ4n) is 2.59. The van der Waals surface area contributed by atoms with E-state index in [1.165, 1.54) is 19.1 Å². The molecule has 0 atom stereocenters. The molecule has 104 valence electrons. The van der Waals surface area contributed by atoms with E-state index in [0.29, 0.717) is 5.56 Å². The first kappa shape index (κ1) is 14.0. The van der Waals surface area contributed by atoms with Crippen LogP contribution in [0.2, 0.25) is 0 Å². The minimum absolute atomic E-state index is 0.0783. The topological polar surface area (TPSA) is 23.6 Å². The lowest BCUT2D eigenvalue weighted by Crippen LogP contribution is -2.46. The van der Waals surface area contributed by atoms with E-state index < -0.39 is 0 Å². The third-order valence-electron chi connectivity index (χ3n) is 3.59. The molecule has 0 spiro atoms. The molecule has 0 radical (unpaired) electrons. The van der Waals surface area contributed by atoms with E-state index in [1.807, 2.05) is 0 Å². The van der Waals surface area contributed by atoms with E-state index in [0.717, 1.165) is 44.8 Å². The quantitative estimate of drug-likeness (QED) is 0.781. The fourth-order valence-corrected chi connectivity index (χ4v) is 2.59. The largest absolute Gasteiger partial charge is 0.368 e. The molecule has 0 saturated carbocycles. The van der Waals surface area contributed by atoms with E-state index in [1.54, 1.807) is 6.07 Å². The average Bonchev–Trinajstić information content (AvgIpc) is 2.40. The van der Waals surface area contributed by atoms with Gasteiger partial charge in [-0.2, -0.15) is 0 Å². The maximum atomic E-state index is 13.3. The van der Waals surface area contributed by atoms with Crippen LogP contribution in [0.15, 0.2) is 18.2 Å². The summed E-state index contributed by atoms with van der Waals surface area (Å²) in [7, 11) is 0. The highest BCUT2D eigenvalue weighted by atomic mass is 19.1. The Hall–Kier alpha value is -1.42. The Morgan fingerprint density at radius 3 is 2.53 bits per heavy atom. The van der Waals surface area contributed by atoms with E-state index >= 15 is 0 Å². The first-order chi connectivity index (χ1) is 9.11. The highest BCUT2D eigenvalue weighted by Crippen LogP contribution is 2.23. The highest BCUT2D eigenvalue weighted by Gasteiger charge is 2.20. The van der Waals surface area contributed by atoms with Crippen molar-refractivity contribution in [3.63, 3.8) is 0 Å². The molecule has 0 aromatic heterocycles.